The van der Waals surface area contributed by atoms with E-state index in [-0.39, 0.29) is 17.7 Å². The first-order valence-electron chi connectivity index (χ1n) is 10.8. The number of carbonyl (C=O) groups excluding carboxylic acids is 2. The topological polar surface area (TPSA) is 67.9 Å². The van der Waals surface area contributed by atoms with Crippen molar-refractivity contribution in [2.24, 2.45) is 0 Å². The molecule has 0 spiro atoms. The number of hydrogen-bond donors (Lipinski definition) is 1. The third kappa shape index (κ3) is 4.60. The summed E-state index contributed by atoms with van der Waals surface area (Å²) in [6.45, 7) is 5.85. The number of aryl methyl sites for hydroxylation is 1. The molecule has 4 rings (SSSR count). The smallest absolute Gasteiger partial charge is 0.282 e. The van der Waals surface area contributed by atoms with E-state index in [4.69, 9.17) is 9.47 Å². The Morgan fingerprint density at radius 1 is 0.848 bits per heavy atom. The molecule has 0 radical (unpaired) electrons. The van der Waals surface area contributed by atoms with Gasteiger partial charge in [0.05, 0.1) is 24.5 Å². The van der Waals surface area contributed by atoms with Gasteiger partial charge in [-0.25, -0.2) is 4.90 Å². The van der Waals surface area contributed by atoms with Crippen molar-refractivity contribution in [1.29, 1.82) is 0 Å². The summed E-state index contributed by atoms with van der Waals surface area (Å²) >= 11 is 0. The fraction of sp³-hybridized carbons (Fsp3) is 0.185. The second kappa shape index (κ2) is 9.20. The van der Waals surface area contributed by atoms with Gasteiger partial charge in [0.25, 0.3) is 11.8 Å². The fourth-order valence-electron chi connectivity index (χ4n) is 3.66. The Hall–Kier alpha value is -4.06. The zero-order valence-electron chi connectivity index (χ0n) is 19.1. The van der Waals surface area contributed by atoms with Crippen LogP contribution in [0.25, 0.3) is 5.57 Å². The maximum absolute atomic E-state index is 13.5. The highest BCUT2D eigenvalue weighted by atomic mass is 16.5. The van der Waals surface area contributed by atoms with Gasteiger partial charge in [0.15, 0.2) is 0 Å². The molecule has 1 N–H and O–H groups in total. The van der Waals surface area contributed by atoms with Crippen molar-refractivity contribution in [2.45, 2.75) is 26.9 Å². The van der Waals surface area contributed by atoms with E-state index in [1.54, 1.807) is 37.4 Å². The third-order valence-electron chi connectivity index (χ3n) is 5.23. The maximum atomic E-state index is 13.5. The molecular weight excluding hydrogens is 416 g/mol. The summed E-state index contributed by atoms with van der Waals surface area (Å²) in [6.07, 6.45) is 0.0272. The number of methoxy groups -OCH3 is 1. The van der Waals surface area contributed by atoms with Crippen LogP contribution in [0.1, 0.15) is 25.0 Å². The average molecular weight is 443 g/mol. The zero-order chi connectivity index (χ0) is 23.5. The van der Waals surface area contributed by atoms with Crippen molar-refractivity contribution in [3.05, 3.63) is 89.6 Å². The van der Waals surface area contributed by atoms with Crippen molar-refractivity contribution in [2.75, 3.05) is 17.3 Å². The molecule has 6 nitrogen and oxygen atoms in total. The molecule has 1 aliphatic heterocycles. The number of rotatable bonds is 7. The molecule has 6 heteroatoms. The van der Waals surface area contributed by atoms with Crippen LogP contribution >= 0.6 is 0 Å². The summed E-state index contributed by atoms with van der Waals surface area (Å²) < 4.78 is 11.0. The zero-order valence-corrected chi connectivity index (χ0v) is 19.1. The van der Waals surface area contributed by atoms with E-state index in [2.05, 4.69) is 5.32 Å². The molecule has 0 bridgehead atoms. The van der Waals surface area contributed by atoms with Crippen LogP contribution in [0.5, 0.6) is 11.5 Å². The lowest BCUT2D eigenvalue weighted by Gasteiger charge is -2.17. The third-order valence-corrected chi connectivity index (χ3v) is 5.23. The molecule has 0 saturated heterocycles. The van der Waals surface area contributed by atoms with Crippen LogP contribution in [0.15, 0.2) is 78.5 Å². The lowest BCUT2D eigenvalue weighted by molar-refractivity contribution is -0.120. The van der Waals surface area contributed by atoms with Crippen molar-refractivity contribution in [1.82, 2.24) is 0 Å². The van der Waals surface area contributed by atoms with E-state index < -0.39 is 5.91 Å². The Kier molecular flexibility index (Phi) is 6.18. The van der Waals surface area contributed by atoms with Gasteiger partial charge in [-0.3, -0.25) is 9.59 Å². The molecule has 33 heavy (non-hydrogen) atoms. The fourth-order valence-corrected chi connectivity index (χ4v) is 3.66. The van der Waals surface area contributed by atoms with Crippen molar-refractivity contribution in [3.8, 4) is 11.5 Å². The summed E-state index contributed by atoms with van der Waals surface area (Å²) in [4.78, 5) is 28.2. The molecule has 0 atom stereocenters. The summed E-state index contributed by atoms with van der Waals surface area (Å²) in [5.41, 5.74) is 3.42. The molecule has 3 aromatic carbocycles. The van der Waals surface area contributed by atoms with Gasteiger partial charge in [-0.2, -0.15) is 0 Å². The normalized spacial score (nSPS) is 13.7. The SMILES string of the molecule is COc1cccc(NC2=C(c3ccc(C)cc3)C(=O)N(c3ccc(OC(C)C)cc3)C2=O)c1. The van der Waals surface area contributed by atoms with E-state index in [0.717, 1.165) is 5.56 Å². The predicted molar refractivity (Wildman–Crippen MR) is 129 cm³/mol. The van der Waals surface area contributed by atoms with Gasteiger partial charge in [0.1, 0.15) is 17.2 Å². The van der Waals surface area contributed by atoms with Crippen LogP contribution in [0.2, 0.25) is 0 Å². The van der Waals surface area contributed by atoms with E-state index in [1.165, 1.54) is 4.90 Å². The largest absolute Gasteiger partial charge is 0.497 e. The second-order valence-corrected chi connectivity index (χ2v) is 8.08. The summed E-state index contributed by atoms with van der Waals surface area (Å²) in [6, 6.07) is 21.7. The number of benzene rings is 3. The first kappa shape index (κ1) is 22.1. The summed E-state index contributed by atoms with van der Waals surface area (Å²) in [7, 11) is 1.58. The highest BCUT2D eigenvalue weighted by Gasteiger charge is 2.40. The van der Waals surface area contributed by atoms with E-state index in [9.17, 15) is 9.59 Å². The minimum atomic E-state index is -0.420. The van der Waals surface area contributed by atoms with E-state index in [0.29, 0.717) is 34.0 Å². The van der Waals surface area contributed by atoms with Gasteiger partial charge in [-0.05, 0) is 62.7 Å². The van der Waals surface area contributed by atoms with Gasteiger partial charge >= 0.3 is 0 Å². The molecule has 168 valence electrons. The number of anilines is 2. The summed E-state index contributed by atoms with van der Waals surface area (Å²) in [5.74, 6) is 0.517. The van der Waals surface area contributed by atoms with Crippen LogP contribution in [0.3, 0.4) is 0 Å². The summed E-state index contributed by atoms with van der Waals surface area (Å²) in [5, 5.41) is 3.16. The number of imide groups is 1. The second-order valence-electron chi connectivity index (χ2n) is 8.08. The predicted octanol–water partition coefficient (Wildman–Crippen LogP) is 5.19. The van der Waals surface area contributed by atoms with Crippen molar-refractivity contribution >= 4 is 28.8 Å². The number of amides is 2. The van der Waals surface area contributed by atoms with E-state index >= 15 is 0 Å². The molecule has 0 unspecified atom stereocenters. The van der Waals surface area contributed by atoms with Gasteiger partial charge in [0.2, 0.25) is 0 Å². The molecule has 0 aromatic heterocycles. The molecule has 3 aromatic rings. The lowest BCUT2D eigenvalue weighted by Crippen LogP contribution is -2.32. The Labute approximate surface area is 193 Å². The minimum absolute atomic E-state index is 0.0272. The van der Waals surface area contributed by atoms with Crippen LogP contribution in [0.4, 0.5) is 11.4 Å². The monoisotopic (exact) mass is 442 g/mol. The Morgan fingerprint density at radius 2 is 1.55 bits per heavy atom. The van der Waals surface area contributed by atoms with Gasteiger partial charge in [-0.1, -0.05) is 35.9 Å². The number of carbonyl (C=O) groups is 2. The number of hydrogen-bond acceptors (Lipinski definition) is 5. The quantitative estimate of drug-likeness (QED) is 0.510. The maximum Gasteiger partial charge on any atom is 0.282 e. The molecule has 1 heterocycles. The Bertz CT molecular complexity index is 1210. The molecule has 0 fully saturated rings. The lowest BCUT2D eigenvalue weighted by atomic mass is 10.0. The van der Waals surface area contributed by atoms with Crippen LogP contribution in [-0.2, 0) is 9.59 Å². The molecular formula is C27H26N2O4. The van der Waals surface area contributed by atoms with Crippen molar-refractivity contribution < 1.29 is 19.1 Å². The number of nitrogens with one attached hydrogen (secondary N) is 1. The standard InChI is InChI=1S/C27H26N2O4/c1-17(2)33-22-14-12-21(13-15-22)29-26(30)24(19-10-8-18(3)9-11-19)25(27(29)31)28-20-6-5-7-23(16-20)32-4/h5-17,28H,1-4H3. The Morgan fingerprint density at radius 3 is 2.18 bits per heavy atom. The van der Waals surface area contributed by atoms with Gasteiger partial charge in [-0.15, -0.1) is 0 Å². The number of ether oxygens (including phenoxy) is 2. The Balaban J connectivity index is 1.74. The molecule has 2 amide bonds. The van der Waals surface area contributed by atoms with Gasteiger partial charge in [0, 0.05) is 11.8 Å². The van der Waals surface area contributed by atoms with Crippen LogP contribution < -0.4 is 19.7 Å². The highest BCUT2D eigenvalue weighted by molar-refractivity contribution is 6.46. The number of nitrogens with zero attached hydrogens (tertiary/aromatic N) is 1. The molecule has 0 saturated carbocycles. The highest BCUT2D eigenvalue weighted by Crippen LogP contribution is 2.35. The van der Waals surface area contributed by atoms with Gasteiger partial charge < -0.3 is 14.8 Å². The molecule has 0 aliphatic carbocycles. The van der Waals surface area contributed by atoms with Crippen molar-refractivity contribution in [3.63, 3.8) is 0 Å². The minimum Gasteiger partial charge on any atom is -0.497 e. The molecule has 1 aliphatic rings. The average Bonchev–Trinajstić information content (AvgIpc) is 3.04. The van der Waals surface area contributed by atoms with E-state index in [1.807, 2.05) is 63.2 Å². The van der Waals surface area contributed by atoms with Crippen LogP contribution in [0, 0.1) is 6.92 Å². The first-order chi connectivity index (χ1) is 15.9. The first-order valence-corrected chi connectivity index (χ1v) is 10.8. The van der Waals surface area contributed by atoms with Crippen LogP contribution in [-0.4, -0.2) is 25.0 Å².